The second kappa shape index (κ2) is 5.43. The van der Waals surface area contributed by atoms with Crippen LogP contribution in [-0.2, 0) is 0 Å². The number of hydrogen-bond donors (Lipinski definition) is 1. The molecule has 1 N–H and O–H groups in total. The van der Waals surface area contributed by atoms with Gasteiger partial charge in [-0.2, -0.15) is 0 Å². The van der Waals surface area contributed by atoms with Crippen molar-refractivity contribution < 1.29 is 4.74 Å². The third kappa shape index (κ3) is 2.44. The number of aromatic nitrogens is 2. The van der Waals surface area contributed by atoms with E-state index in [1.54, 1.807) is 17.7 Å². The molecule has 0 aromatic carbocycles. The monoisotopic (exact) mass is 277 g/mol. The van der Waals surface area contributed by atoms with Gasteiger partial charge in [-0.3, -0.25) is 0 Å². The average molecular weight is 277 g/mol. The van der Waals surface area contributed by atoms with Crippen molar-refractivity contribution in [1.82, 2.24) is 15.3 Å². The Kier molecular flexibility index (Phi) is 3.66. The number of nitrogens with one attached hydrogen (secondary N) is 1. The van der Waals surface area contributed by atoms with Crippen LogP contribution in [0.1, 0.15) is 31.2 Å². The van der Waals surface area contributed by atoms with Gasteiger partial charge in [0.2, 0.25) is 5.88 Å². The Bertz CT molecular complexity index is 569. The van der Waals surface area contributed by atoms with Gasteiger partial charge in [0.05, 0.1) is 5.52 Å². The van der Waals surface area contributed by atoms with Crippen LogP contribution >= 0.6 is 11.3 Å². The molecule has 5 heteroatoms. The Morgan fingerprint density at radius 2 is 2.16 bits per heavy atom. The number of rotatable bonds is 3. The summed E-state index contributed by atoms with van der Waals surface area (Å²) in [5, 5.41) is 5.48. The zero-order chi connectivity index (χ0) is 13.2. The SMILES string of the molecule is CNC1CCCCC1Oc1ncnc2c(C)csc12. The maximum atomic E-state index is 6.18. The van der Waals surface area contributed by atoms with Crippen LogP contribution in [0.15, 0.2) is 11.7 Å². The predicted octanol–water partition coefficient (Wildman–Crippen LogP) is 2.91. The number of likely N-dealkylation sites (N-methyl/N-ethyl adjacent to an activating group) is 1. The predicted molar refractivity (Wildman–Crippen MR) is 77.9 cm³/mol. The summed E-state index contributed by atoms with van der Waals surface area (Å²) in [5.74, 6) is 0.746. The van der Waals surface area contributed by atoms with Crippen molar-refractivity contribution in [2.24, 2.45) is 0 Å². The van der Waals surface area contributed by atoms with Gasteiger partial charge in [-0.25, -0.2) is 9.97 Å². The highest BCUT2D eigenvalue weighted by Gasteiger charge is 2.26. The van der Waals surface area contributed by atoms with Crippen molar-refractivity contribution in [2.45, 2.75) is 44.8 Å². The fraction of sp³-hybridized carbons (Fsp3) is 0.571. The van der Waals surface area contributed by atoms with Gasteiger partial charge in [0, 0.05) is 6.04 Å². The van der Waals surface area contributed by atoms with E-state index in [-0.39, 0.29) is 6.10 Å². The lowest BCUT2D eigenvalue weighted by atomic mass is 9.92. The summed E-state index contributed by atoms with van der Waals surface area (Å²) in [5.41, 5.74) is 2.22. The molecule has 2 unspecified atom stereocenters. The van der Waals surface area contributed by atoms with E-state index >= 15 is 0 Å². The second-order valence-electron chi connectivity index (χ2n) is 5.11. The molecule has 1 aliphatic carbocycles. The molecule has 1 fully saturated rings. The molecule has 0 radical (unpaired) electrons. The second-order valence-corrected chi connectivity index (χ2v) is 5.99. The molecule has 2 aromatic rings. The van der Waals surface area contributed by atoms with E-state index in [9.17, 15) is 0 Å². The Balaban J connectivity index is 1.88. The molecule has 2 heterocycles. The minimum atomic E-state index is 0.222. The summed E-state index contributed by atoms with van der Waals surface area (Å²) in [6, 6.07) is 0.430. The molecule has 2 aromatic heterocycles. The largest absolute Gasteiger partial charge is 0.472 e. The molecule has 2 atom stereocenters. The number of nitrogens with zero attached hydrogens (tertiary/aromatic N) is 2. The molecular weight excluding hydrogens is 258 g/mol. The molecular formula is C14H19N3OS. The summed E-state index contributed by atoms with van der Waals surface area (Å²) < 4.78 is 7.25. The van der Waals surface area contributed by atoms with Crippen LogP contribution in [0, 0.1) is 6.92 Å². The van der Waals surface area contributed by atoms with Gasteiger partial charge in [-0.15, -0.1) is 11.3 Å². The molecule has 0 aliphatic heterocycles. The summed E-state index contributed by atoms with van der Waals surface area (Å²) >= 11 is 1.67. The number of fused-ring (bicyclic) bond motifs is 1. The third-order valence-corrected chi connectivity index (χ3v) is 4.91. The van der Waals surface area contributed by atoms with Crippen LogP contribution in [0.5, 0.6) is 5.88 Å². The molecule has 0 saturated heterocycles. The first-order valence-corrected chi connectivity index (χ1v) is 7.70. The minimum absolute atomic E-state index is 0.222. The first-order chi connectivity index (χ1) is 9.29. The van der Waals surface area contributed by atoms with E-state index in [4.69, 9.17) is 4.74 Å². The van der Waals surface area contributed by atoms with Crippen LogP contribution in [-0.4, -0.2) is 29.2 Å². The topological polar surface area (TPSA) is 47.0 Å². The maximum Gasteiger partial charge on any atom is 0.235 e. The van der Waals surface area contributed by atoms with Gasteiger partial charge in [-0.05, 0) is 44.2 Å². The lowest BCUT2D eigenvalue weighted by Gasteiger charge is -2.31. The van der Waals surface area contributed by atoms with Crippen LogP contribution in [0.2, 0.25) is 0 Å². The normalized spacial score (nSPS) is 23.7. The van der Waals surface area contributed by atoms with Crippen LogP contribution in [0.25, 0.3) is 10.2 Å². The maximum absolute atomic E-state index is 6.18. The zero-order valence-electron chi connectivity index (χ0n) is 11.3. The van der Waals surface area contributed by atoms with Crippen molar-refractivity contribution in [2.75, 3.05) is 7.05 Å². The lowest BCUT2D eigenvalue weighted by Crippen LogP contribution is -2.43. The molecule has 0 bridgehead atoms. The van der Waals surface area contributed by atoms with Gasteiger partial charge < -0.3 is 10.1 Å². The molecule has 0 spiro atoms. The van der Waals surface area contributed by atoms with Gasteiger partial charge >= 0.3 is 0 Å². The summed E-state index contributed by atoms with van der Waals surface area (Å²) in [4.78, 5) is 8.67. The molecule has 1 aliphatic rings. The van der Waals surface area contributed by atoms with E-state index in [1.807, 2.05) is 7.05 Å². The van der Waals surface area contributed by atoms with Gasteiger partial charge in [0.15, 0.2) is 0 Å². The van der Waals surface area contributed by atoms with Crippen molar-refractivity contribution in [3.8, 4) is 5.88 Å². The molecule has 1 saturated carbocycles. The number of ether oxygens (including phenoxy) is 1. The van der Waals surface area contributed by atoms with Crippen molar-refractivity contribution in [1.29, 1.82) is 0 Å². The van der Waals surface area contributed by atoms with Crippen molar-refractivity contribution in [3.05, 3.63) is 17.3 Å². The quantitative estimate of drug-likeness (QED) is 0.937. The van der Waals surface area contributed by atoms with Crippen molar-refractivity contribution >= 4 is 21.6 Å². The van der Waals surface area contributed by atoms with Crippen LogP contribution < -0.4 is 10.1 Å². The van der Waals surface area contributed by atoms with Gasteiger partial charge in [0.1, 0.15) is 17.1 Å². The van der Waals surface area contributed by atoms with Gasteiger partial charge in [0.25, 0.3) is 0 Å². The fourth-order valence-corrected chi connectivity index (χ4v) is 3.68. The first kappa shape index (κ1) is 12.8. The Labute approximate surface area is 117 Å². The van der Waals surface area contributed by atoms with E-state index < -0.39 is 0 Å². The molecule has 4 nitrogen and oxygen atoms in total. The highest BCUT2D eigenvalue weighted by molar-refractivity contribution is 7.17. The Morgan fingerprint density at radius 3 is 3.00 bits per heavy atom. The molecule has 3 rings (SSSR count). The molecule has 102 valence electrons. The zero-order valence-corrected chi connectivity index (χ0v) is 12.2. The van der Waals surface area contributed by atoms with E-state index in [2.05, 4.69) is 27.6 Å². The summed E-state index contributed by atoms with van der Waals surface area (Å²) in [7, 11) is 2.01. The Morgan fingerprint density at radius 1 is 1.32 bits per heavy atom. The number of aryl methyl sites for hydroxylation is 1. The van der Waals surface area contributed by atoms with E-state index in [0.717, 1.165) is 22.5 Å². The smallest absolute Gasteiger partial charge is 0.235 e. The first-order valence-electron chi connectivity index (χ1n) is 6.82. The molecule has 0 amide bonds. The van der Waals surface area contributed by atoms with E-state index in [1.165, 1.54) is 24.8 Å². The number of thiophene rings is 1. The Hall–Kier alpha value is -1.20. The lowest BCUT2D eigenvalue weighted by molar-refractivity contribution is 0.115. The summed E-state index contributed by atoms with van der Waals surface area (Å²) in [6.45, 7) is 2.08. The number of hydrogen-bond acceptors (Lipinski definition) is 5. The standard InChI is InChI=1S/C14H19N3OS/c1-9-7-19-13-12(9)16-8-17-14(13)18-11-6-4-3-5-10(11)15-2/h7-8,10-11,15H,3-6H2,1-2H3. The van der Waals surface area contributed by atoms with E-state index in [0.29, 0.717) is 6.04 Å². The van der Waals surface area contributed by atoms with Gasteiger partial charge in [-0.1, -0.05) is 6.42 Å². The summed E-state index contributed by atoms with van der Waals surface area (Å²) in [6.07, 6.45) is 6.62. The highest BCUT2D eigenvalue weighted by atomic mass is 32.1. The molecule has 19 heavy (non-hydrogen) atoms. The van der Waals surface area contributed by atoms with Crippen LogP contribution in [0.4, 0.5) is 0 Å². The minimum Gasteiger partial charge on any atom is -0.472 e. The third-order valence-electron chi connectivity index (χ3n) is 3.83. The van der Waals surface area contributed by atoms with Crippen molar-refractivity contribution in [3.63, 3.8) is 0 Å². The van der Waals surface area contributed by atoms with Crippen LogP contribution in [0.3, 0.4) is 0 Å². The fourth-order valence-electron chi connectivity index (χ4n) is 2.74. The highest BCUT2D eigenvalue weighted by Crippen LogP contribution is 2.32. The average Bonchev–Trinajstić information content (AvgIpc) is 2.82.